The first-order chi connectivity index (χ1) is 11.2. The van der Waals surface area contributed by atoms with Crippen LogP contribution in [0.2, 0.25) is 0 Å². The Labute approximate surface area is 140 Å². The number of ether oxygens (including phenoxy) is 2. The van der Waals surface area contributed by atoms with Gasteiger partial charge in [-0.1, -0.05) is 37.3 Å². The molecule has 3 heteroatoms. The Kier molecular flexibility index (Phi) is 9.53. The van der Waals surface area contributed by atoms with E-state index in [1.165, 1.54) is 17.2 Å². The number of allylic oxidation sites excluding steroid dienone is 1. The number of hydrogen-bond acceptors (Lipinski definition) is 3. The highest BCUT2D eigenvalue weighted by atomic mass is 16.5. The van der Waals surface area contributed by atoms with Crippen molar-refractivity contribution < 1.29 is 14.3 Å². The number of carbonyl (C=O) groups excluding carboxylic acids is 1. The lowest BCUT2D eigenvalue weighted by molar-refractivity contribution is -0.137. The van der Waals surface area contributed by atoms with E-state index in [9.17, 15) is 4.79 Å². The van der Waals surface area contributed by atoms with E-state index in [1.54, 1.807) is 0 Å². The van der Waals surface area contributed by atoms with Crippen molar-refractivity contribution in [2.75, 3.05) is 13.2 Å². The number of unbranched alkanes of at least 4 members (excludes halogenated alkanes) is 3. The predicted octanol–water partition coefficient (Wildman–Crippen LogP) is 5.17. The van der Waals surface area contributed by atoms with E-state index in [4.69, 9.17) is 9.47 Å². The van der Waals surface area contributed by atoms with E-state index in [0.29, 0.717) is 6.61 Å². The molecule has 0 saturated heterocycles. The zero-order valence-electron chi connectivity index (χ0n) is 14.3. The molecule has 0 amide bonds. The fraction of sp³-hybridized carbons (Fsp3) is 0.450. The van der Waals surface area contributed by atoms with Crippen LogP contribution >= 0.6 is 0 Å². The van der Waals surface area contributed by atoms with E-state index in [0.717, 1.165) is 44.5 Å². The van der Waals surface area contributed by atoms with Crippen LogP contribution in [-0.2, 0) is 9.53 Å². The van der Waals surface area contributed by atoms with Crippen molar-refractivity contribution in [3.63, 3.8) is 0 Å². The summed E-state index contributed by atoms with van der Waals surface area (Å²) < 4.78 is 10.7. The molecule has 0 saturated carbocycles. The van der Waals surface area contributed by atoms with Gasteiger partial charge in [0.2, 0.25) is 0 Å². The molecule has 0 aromatic heterocycles. The number of rotatable bonds is 11. The zero-order chi connectivity index (χ0) is 16.9. The minimum atomic E-state index is -0.347. The maximum atomic E-state index is 10.8. The van der Waals surface area contributed by atoms with Crippen molar-refractivity contribution >= 4 is 12.0 Å². The summed E-state index contributed by atoms with van der Waals surface area (Å²) in [6.07, 6.45) is 8.46. The van der Waals surface area contributed by atoms with Gasteiger partial charge in [-0.15, -0.1) is 0 Å². The van der Waals surface area contributed by atoms with Crippen LogP contribution in [0, 0.1) is 0 Å². The van der Waals surface area contributed by atoms with Crippen LogP contribution in [0.1, 0.15) is 51.5 Å². The van der Waals surface area contributed by atoms with Gasteiger partial charge in [-0.05, 0) is 56.7 Å². The SMILES string of the molecule is C=CC(=O)OCCCCCCOc1ccc(/C=C(\C)CC)cc1. The first-order valence-electron chi connectivity index (χ1n) is 8.35. The van der Waals surface area contributed by atoms with Gasteiger partial charge in [-0.2, -0.15) is 0 Å². The van der Waals surface area contributed by atoms with Gasteiger partial charge in [0.05, 0.1) is 13.2 Å². The van der Waals surface area contributed by atoms with Gasteiger partial charge < -0.3 is 9.47 Å². The van der Waals surface area contributed by atoms with E-state index in [1.807, 2.05) is 12.1 Å². The zero-order valence-corrected chi connectivity index (χ0v) is 14.3. The van der Waals surface area contributed by atoms with Gasteiger partial charge in [0.25, 0.3) is 0 Å². The normalized spacial score (nSPS) is 11.1. The number of esters is 1. The maximum absolute atomic E-state index is 10.8. The van der Waals surface area contributed by atoms with Gasteiger partial charge in [0, 0.05) is 6.08 Å². The number of carbonyl (C=O) groups is 1. The number of benzene rings is 1. The Balaban J connectivity index is 2.12. The van der Waals surface area contributed by atoms with Crippen molar-refractivity contribution in [3.05, 3.63) is 48.1 Å². The van der Waals surface area contributed by atoms with Crippen LogP contribution in [0.5, 0.6) is 5.75 Å². The largest absolute Gasteiger partial charge is 0.494 e. The quantitative estimate of drug-likeness (QED) is 0.321. The molecular formula is C20H28O3. The second-order valence-corrected chi connectivity index (χ2v) is 5.55. The fourth-order valence-electron chi connectivity index (χ4n) is 2.03. The first-order valence-corrected chi connectivity index (χ1v) is 8.35. The molecule has 1 rings (SSSR count). The molecule has 0 radical (unpaired) electrons. The molecule has 0 bridgehead atoms. The molecule has 0 atom stereocenters. The molecular weight excluding hydrogens is 288 g/mol. The summed E-state index contributed by atoms with van der Waals surface area (Å²) in [6, 6.07) is 8.21. The molecule has 0 N–H and O–H groups in total. The molecule has 0 heterocycles. The van der Waals surface area contributed by atoms with E-state index >= 15 is 0 Å². The van der Waals surface area contributed by atoms with Crippen molar-refractivity contribution in [2.45, 2.75) is 46.0 Å². The van der Waals surface area contributed by atoms with Crippen LogP contribution in [0.4, 0.5) is 0 Å². The highest BCUT2D eigenvalue weighted by Crippen LogP contribution is 2.16. The Morgan fingerprint density at radius 1 is 1.09 bits per heavy atom. The van der Waals surface area contributed by atoms with Crippen molar-refractivity contribution in [3.8, 4) is 5.75 Å². The third-order valence-electron chi connectivity index (χ3n) is 3.57. The van der Waals surface area contributed by atoms with Gasteiger partial charge >= 0.3 is 5.97 Å². The van der Waals surface area contributed by atoms with Crippen molar-refractivity contribution in [2.24, 2.45) is 0 Å². The molecule has 0 aliphatic rings. The summed E-state index contributed by atoms with van der Waals surface area (Å²) in [5.41, 5.74) is 2.59. The summed E-state index contributed by atoms with van der Waals surface area (Å²) in [5.74, 6) is 0.567. The van der Waals surface area contributed by atoms with Crippen LogP contribution in [-0.4, -0.2) is 19.2 Å². The Bertz CT molecular complexity index is 500. The van der Waals surface area contributed by atoms with Gasteiger partial charge in [-0.25, -0.2) is 4.79 Å². The van der Waals surface area contributed by atoms with Crippen molar-refractivity contribution in [1.29, 1.82) is 0 Å². The lowest BCUT2D eigenvalue weighted by Gasteiger charge is -2.07. The molecule has 0 fully saturated rings. The second-order valence-electron chi connectivity index (χ2n) is 5.55. The molecule has 23 heavy (non-hydrogen) atoms. The highest BCUT2D eigenvalue weighted by Gasteiger charge is 1.97. The predicted molar refractivity (Wildman–Crippen MR) is 95.5 cm³/mol. The smallest absolute Gasteiger partial charge is 0.330 e. The van der Waals surface area contributed by atoms with Crippen LogP contribution in [0.15, 0.2) is 42.5 Å². The van der Waals surface area contributed by atoms with Gasteiger partial charge in [0.15, 0.2) is 0 Å². The Hall–Kier alpha value is -2.03. The molecule has 0 spiro atoms. The summed E-state index contributed by atoms with van der Waals surface area (Å²) in [5, 5.41) is 0. The minimum Gasteiger partial charge on any atom is -0.494 e. The van der Waals surface area contributed by atoms with Gasteiger partial charge in [0.1, 0.15) is 5.75 Å². The topological polar surface area (TPSA) is 35.5 Å². The molecule has 1 aromatic rings. The fourth-order valence-corrected chi connectivity index (χ4v) is 2.03. The summed E-state index contributed by atoms with van der Waals surface area (Å²) in [4.78, 5) is 10.8. The maximum Gasteiger partial charge on any atom is 0.330 e. The molecule has 1 aromatic carbocycles. The summed E-state index contributed by atoms with van der Waals surface area (Å²) in [6.45, 7) is 8.85. The molecule has 0 aliphatic heterocycles. The summed E-state index contributed by atoms with van der Waals surface area (Å²) >= 11 is 0. The average molecular weight is 316 g/mol. The van der Waals surface area contributed by atoms with Crippen molar-refractivity contribution in [1.82, 2.24) is 0 Å². The molecule has 3 nitrogen and oxygen atoms in total. The van der Waals surface area contributed by atoms with Gasteiger partial charge in [-0.3, -0.25) is 0 Å². The van der Waals surface area contributed by atoms with E-state index in [-0.39, 0.29) is 5.97 Å². The molecule has 0 aliphatic carbocycles. The second kappa shape index (κ2) is 11.5. The average Bonchev–Trinajstić information content (AvgIpc) is 2.58. The van der Waals surface area contributed by atoms with E-state index in [2.05, 4.69) is 38.6 Å². The number of hydrogen-bond donors (Lipinski definition) is 0. The summed E-state index contributed by atoms with van der Waals surface area (Å²) in [7, 11) is 0. The standard InChI is InChI=1S/C20H28O3/c1-4-17(3)16-18-10-12-19(13-11-18)22-14-8-6-7-9-15-23-20(21)5-2/h5,10-13,16H,2,4,6-9,14-15H2,1,3H3/b17-16+. The Morgan fingerprint density at radius 3 is 2.35 bits per heavy atom. The van der Waals surface area contributed by atoms with Crippen LogP contribution in [0.25, 0.3) is 6.08 Å². The van der Waals surface area contributed by atoms with Crippen LogP contribution < -0.4 is 4.74 Å². The monoisotopic (exact) mass is 316 g/mol. The Morgan fingerprint density at radius 2 is 1.74 bits per heavy atom. The van der Waals surface area contributed by atoms with E-state index < -0.39 is 0 Å². The molecule has 126 valence electrons. The minimum absolute atomic E-state index is 0.347. The molecule has 0 unspecified atom stereocenters. The lowest BCUT2D eigenvalue weighted by Crippen LogP contribution is -2.02. The third-order valence-corrected chi connectivity index (χ3v) is 3.57. The lowest BCUT2D eigenvalue weighted by atomic mass is 10.1. The first kappa shape index (κ1) is 19.0. The van der Waals surface area contributed by atoms with Crippen LogP contribution in [0.3, 0.4) is 0 Å². The third kappa shape index (κ3) is 8.87. The highest BCUT2D eigenvalue weighted by molar-refractivity contribution is 5.81.